The average Bonchev–Trinajstić information content (AvgIpc) is 3.01. The second kappa shape index (κ2) is 4.81. The largest absolute Gasteiger partial charge is 0.316 e. The lowest BCUT2D eigenvalue weighted by molar-refractivity contribution is 0.179. The lowest BCUT2D eigenvalue weighted by Gasteiger charge is -2.35. The van der Waals surface area contributed by atoms with Crippen LogP contribution < -0.4 is 5.32 Å². The smallest absolute Gasteiger partial charge is 0.00146 e. The van der Waals surface area contributed by atoms with Crippen molar-refractivity contribution in [1.29, 1.82) is 0 Å². The Morgan fingerprint density at radius 1 is 1.12 bits per heavy atom. The van der Waals surface area contributed by atoms with Crippen LogP contribution in [0, 0.1) is 11.3 Å². The molecule has 1 nitrogen and oxygen atoms in total. The number of rotatable bonds is 3. The molecule has 0 aromatic heterocycles. The molecule has 0 spiro atoms. The van der Waals surface area contributed by atoms with Crippen LogP contribution in [0.4, 0.5) is 0 Å². The van der Waals surface area contributed by atoms with E-state index < -0.39 is 0 Å². The summed E-state index contributed by atoms with van der Waals surface area (Å²) < 4.78 is 0. The summed E-state index contributed by atoms with van der Waals surface area (Å²) in [5.41, 5.74) is 2.16. The molecule has 1 N–H and O–H groups in total. The Kier molecular flexibility index (Phi) is 3.19. The lowest BCUT2D eigenvalue weighted by atomic mass is 9.69. The van der Waals surface area contributed by atoms with E-state index >= 15 is 0 Å². The molecule has 1 heterocycles. The topological polar surface area (TPSA) is 12.0 Å². The molecule has 0 amide bonds. The molecule has 1 aliphatic heterocycles. The molecule has 1 atom stereocenters. The Balaban J connectivity index is 1.80. The summed E-state index contributed by atoms with van der Waals surface area (Å²) in [5, 5.41) is 3.56. The van der Waals surface area contributed by atoms with Gasteiger partial charge in [0.15, 0.2) is 0 Å². The highest BCUT2D eigenvalue weighted by molar-refractivity contribution is 5.17. The minimum absolute atomic E-state index is 0.616. The van der Waals surface area contributed by atoms with Crippen LogP contribution in [0.5, 0.6) is 0 Å². The van der Waals surface area contributed by atoms with Gasteiger partial charge in [-0.2, -0.15) is 0 Å². The highest BCUT2D eigenvalue weighted by Gasteiger charge is 2.41. The van der Waals surface area contributed by atoms with E-state index in [9.17, 15) is 0 Å². The monoisotopic (exact) mass is 229 g/mol. The molecule has 1 aliphatic carbocycles. The number of hydrogen-bond donors (Lipinski definition) is 1. The fraction of sp³-hybridized carbons (Fsp3) is 0.625. The van der Waals surface area contributed by atoms with Crippen molar-refractivity contribution in [3.63, 3.8) is 0 Å². The molecule has 1 unspecified atom stereocenters. The molecule has 1 aromatic carbocycles. The standard InChI is InChI=1S/C16H23N/c1-2-6-14(7-3-1)12-16(9-4-5-10-16)15-8-11-17-13-15/h1-3,6-7,15,17H,4-5,8-13H2. The number of nitrogens with one attached hydrogen (secondary N) is 1. The Morgan fingerprint density at radius 3 is 2.53 bits per heavy atom. The van der Waals surface area contributed by atoms with Gasteiger partial charge in [-0.3, -0.25) is 0 Å². The van der Waals surface area contributed by atoms with E-state index in [1.807, 2.05) is 0 Å². The average molecular weight is 229 g/mol. The Bertz CT molecular complexity index is 345. The Morgan fingerprint density at radius 2 is 1.88 bits per heavy atom. The van der Waals surface area contributed by atoms with Crippen molar-refractivity contribution >= 4 is 0 Å². The van der Waals surface area contributed by atoms with Gasteiger partial charge >= 0.3 is 0 Å². The second-order valence-electron chi connectivity index (χ2n) is 5.92. The third-order valence-corrected chi connectivity index (χ3v) is 4.92. The van der Waals surface area contributed by atoms with E-state index in [4.69, 9.17) is 0 Å². The molecular weight excluding hydrogens is 206 g/mol. The summed E-state index contributed by atoms with van der Waals surface area (Å²) in [5.74, 6) is 0.921. The summed E-state index contributed by atoms with van der Waals surface area (Å²) in [6, 6.07) is 11.1. The number of benzene rings is 1. The molecule has 92 valence electrons. The minimum Gasteiger partial charge on any atom is -0.316 e. The predicted molar refractivity (Wildman–Crippen MR) is 72.0 cm³/mol. The van der Waals surface area contributed by atoms with Gasteiger partial charge in [0.25, 0.3) is 0 Å². The van der Waals surface area contributed by atoms with Crippen LogP contribution >= 0.6 is 0 Å². The maximum atomic E-state index is 3.56. The zero-order valence-electron chi connectivity index (χ0n) is 10.6. The summed E-state index contributed by atoms with van der Waals surface area (Å²) in [4.78, 5) is 0. The molecule has 2 fully saturated rings. The fourth-order valence-electron chi connectivity index (χ4n) is 3.99. The van der Waals surface area contributed by atoms with E-state index in [2.05, 4.69) is 35.6 Å². The van der Waals surface area contributed by atoms with E-state index in [0.717, 1.165) is 5.92 Å². The Hall–Kier alpha value is -0.820. The van der Waals surface area contributed by atoms with Crippen LogP contribution in [0.2, 0.25) is 0 Å². The van der Waals surface area contributed by atoms with Crippen molar-refractivity contribution < 1.29 is 0 Å². The molecule has 0 bridgehead atoms. The molecule has 1 aromatic rings. The van der Waals surface area contributed by atoms with Crippen LogP contribution in [0.1, 0.15) is 37.7 Å². The van der Waals surface area contributed by atoms with Gasteiger partial charge in [0.2, 0.25) is 0 Å². The first kappa shape index (κ1) is 11.3. The van der Waals surface area contributed by atoms with Crippen LogP contribution in [-0.4, -0.2) is 13.1 Å². The van der Waals surface area contributed by atoms with Crippen molar-refractivity contribution in [2.45, 2.75) is 38.5 Å². The van der Waals surface area contributed by atoms with Crippen LogP contribution in [-0.2, 0) is 6.42 Å². The molecule has 1 saturated heterocycles. The predicted octanol–water partition coefficient (Wildman–Crippen LogP) is 3.40. The molecule has 1 heteroatoms. The molecule has 0 radical (unpaired) electrons. The molecule has 3 rings (SSSR count). The van der Waals surface area contributed by atoms with Gasteiger partial charge in [0.05, 0.1) is 0 Å². The maximum Gasteiger partial charge on any atom is -0.00146 e. The van der Waals surface area contributed by atoms with Gasteiger partial charge in [-0.15, -0.1) is 0 Å². The zero-order valence-corrected chi connectivity index (χ0v) is 10.6. The quantitative estimate of drug-likeness (QED) is 0.837. The van der Waals surface area contributed by atoms with Crippen molar-refractivity contribution in [1.82, 2.24) is 5.32 Å². The highest BCUT2D eigenvalue weighted by Crippen LogP contribution is 2.48. The molecular formula is C16H23N. The third kappa shape index (κ3) is 2.26. The van der Waals surface area contributed by atoms with Crippen molar-refractivity contribution in [2.24, 2.45) is 11.3 Å². The van der Waals surface area contributed by atoms with Crippen molar-refractivity contribution in [3.8, 4) is 0 Å². The molecule has 2 aliphatic rings. The number of hydrogen-bond acceptors (Lipinski definition) is 1. The van der Waals surface area contributed by atoms with Gasteiger partial charge in [0.1, 0.15) is 0 Å². The first-order chi connectivity index (χ1) is 8.39. The third-order valence-electron chi connectivity index (χ3n) is 4.92. The second-order valence-corrected chi connectivity index (χ2v) is 5.92. The minimum atomic E-state index is 0.616. The van der Waals surface area contributed by atoms with E-state index in [0.29, 0.717) is 5.41 Å². The SMILES string of the molecule is c1ccc(CC2(C3CCNC3)CCCC2)cc1. The normalized spacial score (nSPS) is 27.4. The Labute approximate surface area is 105 Å². The summed E-state index contributed by atoms with van der Waals surface area (Å²) in [6.45, 7) is 2.49. The van der Waals surface area contributed by atoms with E-state index in [-0.39, 0.29) is 0 Å². The van der Waals surface area contributed by atoms with Gasteiger partial charge in [0, 0.05) is 0 Å². The fourth-order valence-corrected chi connectivity index (χ4v) is 3.99. The van der Waals surface area contributed by atoms with Crippen molar-refractivity contribution in [3.05, 3.63) is 35.9 Å². The van der Waals surface area contributed by atoms with Gasteiger partial charge in [-0.05, 0) is 55.7 Å². The van der Waals surface area contributed by atoms with Gasteiger partial charge in [-0.1, -0.05) is 43.2 Å². The first-order valence-electron chi connectivity index (χ1n) is 7.14. The van der Waals surface area contributed by atoms with Crippen LogP contribution in [0.25, 0.3) is 0 Å². The van der Waals surface area contributed by atoms with Crippen LogP contribution in [0.15, 0.2) is 30.3 Å². The zero-order chi connectivity index (χ0) is 11.6. The lowest BCUT2D eigenvalue weighted by Crippen LogP contribution is -2.31. The van der Waals surface area contributed by atoms with Gasteiger partial charge in [-0.25, -0.2) is 0 Å². The molecule has 1 saturated carbocycles. The van der Waals surface area contributed by atoms with Crippen LogP contribution in [0.3, 0.4) is 0 Å². The van der Waals surface area contributed by atoms with E-state index in [1.165, 1.54) is 51.6 Å². The summed E-state index contributed by atoms with van der Waals surface area (Å²) >= 11 is 0. The van der Waals surface area contributed by atoms with Gasteiger partial charge < -0.3 is 5.32 Å². The first-order valence-corrected chi connectivity index (χ1v) is 7.14. The van der Waals surface area contributed by atoms with Crippen molar-refractivity contribution in [2.75, 3.05) is 13.1 Å². The van der Waals surface area contributed by atoms with E-state index in [1.54, 1.807) is 5.56 Å². The highest BCUT2D eigenvalue weighted by atomic mass is 14.9. The summed E-state index contributed by atoms with van der Waals surface area (Å²) in [7, 11) is 0. The maximum absolute atomic E-state index is 3.56. The molecule has 17 heavy (non-hydrogen) atoms. The summed E-state index contributed by atoms with van der Waals surface area (Å²) in [6.07, 6.45) is 8.50.